The lowest BCUT2D eigenvalue weighted by Gasteiger charge is -2.38. The molecule has 1 aromatic rings. The number of fused-ring (bicyclic) bond motifs is 1. The average Bonchev–Trinajstić information content (AvgIpc) is 3.28. The summed E-state index contributed by atoms with van der Waals surface area (Å²) in [5.74, 6) is -0.238. The standard InChI is InChI=1S/C24H33N3O7S/c1-17-11-18(2)14-26(13-17)35(30,31)19-3-4-21-20(12-19)27(23(29)16-32-21)15-22(28)25-7-5-24(6-8-25)33-9-10-34-24/h3-4,12,17-18H,5-11,13-16H2,1-2H3. The predicted octanol–water partition coefficient (Wildman–Crippen LogP) is 1.44. The van der Waals surface area contributed by atoms with Crippen molar-refractivity contribution < 1.29 is 32.2 Å². The van der Waals surface area contributed by atoms with Crippen LogP contribution >= 0.6 is 0 Å². The van der Waals surface area contributed by atoms with Crippen LogP contribution in [0, 0.1) is 11.8 Å². The first-order valence-electron chi connectivity index (χ1n) is 12.3. The fourth-order valence-electron chi connectivity index (χ4n) is 5.58. The Bertz CT molecular complexity index is 1080. The van der Waals surface area contributed by atoms with E-state index in [4.69, 9.17) is 14.2 Å². The van der Waals surface area contributed by atoms with Crippen LogP contribution in [-0.2, 0) is 29.1 Å². The highest BCUT2D eigenvalue weighted by molar-refractivity contribution is 7.89. The van der Waals surface area contributed by atoms with E-state index in [2.05, 4.69) is 13.8 Å². The number of ether oxygens (including phenoxy) is 3. The van der Waals surface area contributed by atoms with Crippen molar-refractivity contribution in [3.63, 3.8) is 0 Å². The van der Waals surface area contributed by atoms with Crippen molar-refractivity contribution >= 4 is 27.5 Å². The maximum Gasteiger partial charge on any atom is 0.265 e. The Morgan fingerprint density at radius 1 is 1.09 bits per heavy atom. The lowest BCUT2D eigenvalue weighted by atomic mass is 9.94. The van der Waals surface area contributed by atoms with E-state index >= 15 is 0 Å². The normalized spacial score (nSPS) is 27.1. The Kier molecular flexibility index (Phi) is 6.54. The van der Waals surface area contributed by atoms with E-state index in [1.54, 1.807) is 11.0 Å². The highest BCUT2D eigenvalue weighted by atomic mass is 32.2. The summed E-state index contributed by atoms with van der Waals surface area (Å²) >= 11 is 0. The molecule has 4 aliphatic rings. The molecule has 0 N–H and O–H groups in total. The molecule has 0 saturated carbocycles. The predicted molar refractivity (Wildman–Crippen MR) is 126 cm³/mol. The molecule has 1 spiro atoms. The third-order valence-electron chi connectivity index (χ3n) is 7.33. The molecule has 10 nitrogen and oxygen atoms in total. The van der Waals surface area contributed by atoms with Crippen LogP contribution in [0.3, 0.4) is 0 Å². The van der Waals surface area contributed by atoms with E-state index < -0.39 is 15.8 Å². The molecule has 0 radical (unpaired) electrons. The van der Waals surface area contributed by atoms with Gasteiger partial charge < -0.3 is 19.1 Å². The minimum atomic E-state index is -3.75. The van der Waals surface area contributed by atoms with Gasteiger partial charge in [0.1, 0.15) is 12.3 Å². The molecule has 1 aromatic carbocycles. The Balaban J connectivity index is 1.34. The summed E-state index contributed by atoms with van der Waals surface area (Å²) in [7, 11) is -3.75. The molecule has 3 saturated heterocycles. The third-order valence-corrected chi connectivity index (χ3v) is 9.16. The third kappa shape index (κ3) is 4.78. The fourth-order valence-corrected chi connectivity index (χ4v) is 7.28. The summed E-state index contributed by atoms with van der Waals surface area (Å²) in [5.41, 5.74) is 0.310. The van der Waals surface area contributed by atoms with E-state index in [1.807, 2.05) is 0 Å². The Morgan fingerprint density at radius 2 is 1.74 bits per heavy atom. The molecule has 3 fully saturated rings. The van der Waals surface area contributed by atoms with Gasteiger partial charge >= 0.3 is 0 Å². The van der Waals surface area contributed by atoms with E-state index in [0.29, 0.717) is 63.7 Å². The van der Waals surface area contributed by atoms with Gasteiger partial charge in [-0.3, -0.25) is 14.5 Å². The summed E-state index contributed by atoms with van der Waals surface area (Å²) in [4.78, 5) is 29.0. The number of anilines is 1. The molecular weight excluding hydrogens is 474 g/mol. The zero-order valence-corrected chi connectivity index (χ0v) is 21.1. The number of piperidine rings is 2. The smallest absolute Gasteiger partial charge is 0.265 e. The maximum atomic E-state index is 13.4. The number of rotatable bonds is 4. The van der Waals surface area contributed by atoms with Crippen LogP contribution in [0.15, 0.2) is 23.1 Å². The van der Waals surface area contributed by atoms with Gasteiger partial charge in [-0.1, -0.05) is 13.8 Å². The van der Waals surface area contributed by atoms with Crippen LogP contribution in [0.1, 0.15) is 33.1 Å². The van der Waals surface area contributed by atoms with Crippen LogP contribution < -0.4 is 9.64 Å². The molecule has 0 bridgehead atoms. The van der Waals surface area contributed by atoms with Gasteiger partial charge in [0, 0.05) is 39.0 Å². The largest absolute Gasteiger partial charge is 0.482 e. The van der Waals surface area contributed by atoms with Crippen molar-refractivity contribution in [2.24, 2.45) is 11.8 Å². The number of amides is 2. The zero-order valence-electron chi connectivity index (χ0n) is 20.3. The van der Waals surface area contributed by atoms with E-state index in [9.17, 15) is 18.0 Å². The van der Waals surface area contributed by atoms with Crippen molar-refractivity contribution in [3.8, 4) is 5.75 Å². The monoisotopic (exact) mass is 507 g/mol. The first-order valence-corrected chi connectivity index (χ1v) is 13.7. The summed E-state index contributed by atoms with van der Waals surface area (Å²) in [6, 6.07) is 4.55. The second kappa shape index (κ2) is 9.34. The van der Waals surface area contributed by atoms with Crippen molar-refractivity contribution in [2.45, 2.75) is 43.8 Å². The topological polar surface area (TPSA) is 106 Å². The van der Waals surface area contributed by atoms with Gasteiger partial charge in [-0.25, -0.2) is 8.42 Å². The molecular formula is C24H33N3O7S. The van der Waals surface area contributed by atoms with E-state index in [-0.39, 0.29) is 41.7 Å². The second-order valence-electron chi connectivity index (χ2n) is 10.2. The minimum absolute atomic E-state index is 0.101. The first-order chi connectivity index (χ1) is 16.7. The summed E-state index contributed by atoms with van der Waals surface area (Å²) < 4.78 is 45.4. The van der Waals surface area contributed by atoms with Gasteiger partial charge in [-0.15, -0.1) is 0 Å². The minimum Gasteiger partial charge on any atom is -0.482 e. The molecule has 2 unspecified atom stereocenters. The quantitative estimate of drug-likeness (QED) is 0.607. The average molecular weight is 508 g/mol. The number of hydrogen-bond donors (Lipinski definition) is 0. The van der Waals surface area contributed by atoms with Gasteiger partial charge in [-0.05, 0) is 36.5 Å². The molecule has 2 amide bonds. The SMILES string of the molecule is CC1CC(C)CN(S(=O)(=O)c2ccc3c(c2)N(CC(=O)N2CCC4(CC2)OCCO4)C(=O)CO3)C1. The highest BCUT2D eigenvalue weighted by Gasteiger charge is 2.41. The molecule has 4 aliphatic heterocycles. The van der Waals surface area contributed by atoms with Crippen molar-refractivity contribution in [1.82, 2.24) is 9.21 Å². The van der Waals surface area contributed by atoms with Crippen LogP contribution in [0.4, 0.5) is 5.69 Å². The van der Waals surface area contributed by atoms with Gasteiger partial charge in [0.25, 0.3) is 5.91 Å². The van der Waals surface area contributed by atoms with Gasteiger partial charge in [0.15, 0.2) is 12.4 Å². The van der Waals surface area contributed by atoms with Gasteiger partial charge in [-0.2, -0.15) is 4.31 Å². The van der Waals surface area contributed by atoms with Crippen molar-refractivity contribution in [2.75, 3.05) is 57.4 Å². The number of carbonyl (C=O) groups excluding carboxylic acids is 2. The molecule has 192 valence electrons. The fraction of sp³-hybridized carbons (Fsp3) is 0.667. The van der Waals surface area contributed by atoms with Gasteiger partial charge in [0.2, 0.25) is 15.9 Å². The molecule has 0 aliphatic carbocycles. The van der Waals surface area contributed by atoms with Crippen LogP contribution in [0.5, 0.6) is 5.75 Å². The Labute approximate surface area is 206 Å². The van der Waals surface area contributed by atoms with Gasteiger partial charge in [0.05, 0.1) is 23.8 Å². The molecule has 11 heteroatoms. The van der Waals surface area contributed by atoms with E-state index in [0.717, 1.165) is 6.42 Å². The van der Waals surface area contributed by atoms with Crippen molar-refractivity contribution in [3.05, 3.63) is 18.2 Å². The Morgan fingerprint density at radius 3 is 2.40 bits per heavy atom. The Hall–Kier alpha value is -2.21. The van der Waals surface area contributed by atoms with Crippen molar-refractivity contribution in [1.29, 1.82) is 0 Å². The number of hydrogen-bond acceptors (Lipinski definition) is 7. The van der Waals surface area contributed by atoms with Crippen LogP contribution in [0.2, 0.25) is 0 Å². The summed E-state index contributed by atoms with van der Waals surface area (Å²) in [6.07, 6.45) is 2.16. The first kappa shape index (κ1) is 24.5. The van der Waals surface area contributed by atoms with E-state index in [1.165, 1.54) is 21.3 Å². The number of benzene rings is 1. The summed E-state index contributed by atoms with van der Waals surface area (Å²) in [6.45, 7) is 6.74. The highest BCUT2D eigenvalue weighted by Crippen LogP contribution is 2.37. The molecule has 4 heterocycles. The lowest BCUT2D eigenvalue weighted by molar-refractivity contribution is -0.187. The number of nitrogens with zero attached hydrogens (tertiary/aromatic N) is 3. The number of sulfonamides is 1. The second-order valence-corrected chi connectivity index (χ2v) is 12.1. The molecule has 5 rings (SSSR count). The summed E-state index contributed by atoms with van der Waals surface area (Å²) in [5, 5.41) is 0. The molecule has 2 atom stereocenters. The molecule has 0 aromatic heterocycles. The molecule has 35 heavy (non-hydrogen) atoms. The number of likely N-dealkylation sites (tertiary alicyclic amines) is 1. The van der Waals surface area contributed by atoms with Crippen LogP contribution in [-0.4, -0.2) is 87.8 Å². The maximum absolute atomic E-state index is 13.4. The number of carbonyl (C=O) groups is 2. The zero-order chi connectivity index (χ0) is 24.8. The lowest BCUT2D eigenvalue weighted by Crippen LogP contribution is -2.51. The van der Waals surface area contributed by atoms with Crippen LogP contribution in [0.25, 0.3) is 0 Å².